The molecule has 1 heterocycles. The number of methoxy groups -OCH3 is 1. The molecule has 1 fully saturated rings. The quantitative estimate of drug-likeness (QED) is 0.434. The van der Waals surface area contributed by atoms with Crippen LogP contribution in [0.5, 0.6) is 0 Å². The Hall–Kier alpha value is -1.36. The first-order chi connectivity index (χ1) is 7.85. The first-order valence-corrected chi connectivity index (χ1v) is 5.84. The van der Waals surface area contributed by atoms with E-state index in [2.05, 4.69) is 11.3 Å². The lowest BCUT2D eigenvalue weighted by molar-refractivity contribution is -0.150. The highest BCUT2D eigenvalue weighted by Gasteiger charge is 2.53. The normalized spacial score (nSPS) is 29.4. The fraction of sp³-hybridized carbons (Fsp3) is 0.417. The van der Waals surface area contributed by atoms with Crippen molar-refractivity contribution in [3.05, 3.63) is 24.3 Å². The number of carbonyl (C=O) groups is 3. The summed E-state index contributed by atoms with van der Waals surface area (Å²) in [4.78, 5) is 35.1. The Morgan fingerprint density at radius 3 is 2.59 bits per heavy atom. The van der Waals surface area contributed by atoms with Crippen LogP contribution in [0, 0.1) is 5.92 Å². The lowest BCUT2D eigenvalue weighted by Gasteiger charge is -2.15. The van der Waals surface area contributed by atoms with Gasteiger partial charge in [0.2, 0.25) is 5.12 Å². The van der Waals surface area contributed by atoms with Crippen molar-refractivity contribution >= 4 is 28.6 Å². The molecule has 5 heteroatoms. The second-order valence-corrected chi connectivity index (χ2v) is 5.40. The van der Waals surface area contributed by atoms with Crippen molar-refractivity contribution in [2.24, 2.45) is 5.92 Å². The van der Waals surface area contributed by atoms with Gasteiger partial charge in [0.15, 0.2) is 11.7 Å². The topological polar surface area (TPSA) is 60.4 Å². The number of ether oxygens (including phenoxy) is 1. The maximum absolute atomic E-state index is 12.1. The van der Waals surface area contributed by atoms with Crippen molar-refractivity contribution < 1.29 is 19.1 Å². The van der Waals surface area contributed by atoms with Crippen LogP contribution in [0.15, 0.2) is 24.3 Å². The highest BCUT2D eigenvalue weighted by atomic mass is 32.2. The van der Waals surface area contributed by atoms with E-state index >= 15 is 0 Å². The maximum Gasteiger partial charge on any atom is 0.324 e. The summed E-state index contributed by atoms with van der Waals surface area (Å²) in [6.45, 7) is 6.98. The predicted molar refractivity (Wildman–Crippen MR) is 65.5 cm³/mol. The minimum atomic E-state index is -1.30. The number of thioether (sulfide) groups is 1. The molecule has 0 radical (unpaired) electrons. The van der Waals surface area contributed by atoms with E-state index in [-0.39, 0.29) is 0 Å². The van der Waals surface area contributed by atoms with E-state index in [1.807, 2.05) is 0 Å². The zero-order valence-electron chi connectivity index (χ0n) is 9.98. The molecular formula is C12H14O4S. The third kappa shape index (κ3) is 2.49. The first-order valence-electron chi connectivity index (χ1n) is 5.02. The molecule has 0 saturated carbocycles. The summed E-state index contributed by atoms with van der Waals surface area (Å²) in [6, 6.07) is 0. The van der Waals surface area contributed by atoms with Crippen molar-refractivity contribution in [3.63, 3.8) is 0 Å². The van der Waals surface area contributed by atoms with Crippen molar-refractivity contribution in [3.8, 4) is 0 Å². The minimum absolute atomic E-state index is 0.430. The monoisotopic (exact) mass is 254 g/mol. The van der Waals surface area contributed by atoms with Gasteiger partial charge in [-0.2, -0.15) is 0 Å². The molecule has 4 nitrogen and oxygen atoms in total. The molecule has 0 bridgehead atoms. The molecule has 1 aliphatic rings. The molecular weight excluding hydrogens is 240 g/mol. The summed E-state index contributed by atoms with van der Waals surface area (Å²) in [5.74, 6) is -2.52. The van der Waals surface area contributed by atoms with Gasteiger partial charge in [0.1, 0.15) is 0 Å². The van der Waals surface area contributed by atoms with E-state index in [1.54, 1.807) is 26.0 Å². The molecule has 0 aliphatic carbocycles. The Morgan fingerprint density at radius 2 is 2.12 bits per heavy atom. The SMILES string of the molecule is C=CC(C)=C[C@@]1(C)SC(=O)C(C(=O)OC)C1=O. The molecule has 0 spiro atoms. The van der Waals surface area contributed by atoms with Gasteiger partial charge in [-0.3, -0.25) is 14.4 Å². The Kier molecular flexibility index (Phi) is 3.93. The van der Waals surface area contributed by atoms with Gasteiger partial charge in [-0.25, -0.2) is 0 Å². The van der Waals surface area contributed by atoms with Gasteiger partial charge in [-0.15, -0.1) is 0 Å². The molecule has 0 aromatic rings. The Labute approximate surface area is 104 Å². The molecule has 1 aliphatic heterocycles. The van der Waals surface area contributed by atoms with E-state index in [0.717, 1.165) is 24.4 Å². The Balaban J connectivity index is 3.10. The minimum Gasteiger partial charge on any atom is -0.468 e. The van der Waals surface area contributed by atoms with Gasteiger partial charge < -0.3 is 4.74 Å². The van der Waals surface area contributed by atoms with Crippen LogP contribution in [-0.2, 0) is 19.1 Å². The number of rotatable bonds is 3. The smallest absolute Gasteiger partial charge is 0.324 e. The number of hydrogen-bond donors (Lipinski definition) is 0. The molecule has 2 atom stereocenters. The van der Waals surface area contributed by atoms with Crippen molar-refractivity contribution in [2.45, 2.75) is 18.6 Å². The Bertz CT molecular complexity index is 424. The third-order valence-electron chi connectivity index (χ3n) is 2.56. The number of allylic oxidation sites excluding steroid dienone is 2. The van der Waals surface area contributed by atoms with Crippen LogP contribution in [0.1, 0.15) is 13.8 Å². The van der Waals surface area contributed by atoms with E-state index in [9.17, 15) is 14.4 Å². The second-order valence-electron chi connectivity index (χ2n) is 3.94. The highest BCUT2D eigenvalue weighted by Crippen LogP contribution is 2.41. The summed E-state index contributed by atoms with van der Waals surface area (Å²) in [5, 5.41) is -0.461. The summed E-state index contributed by atoms with van der Waals surface area (Å²) in [6.07, 6.45) is 3.24. The van der Waals surface area contributed by atoms with Crippen LogP contribution in [0.3, 0.4) is 0 Å². The van der Waals surface area contributed by atoms with Crippen LogP contribution < -0.4 is 0 Å². The highest BCUT2D eigenvalue weighted by molar-refractivity contribution is 8.16. The number of Topliss-reactive ketones (excluding diaryl/α,β-unsaturated/α-hetero) is 1. The van der Waals surface area contributed by atoms with Gasteiger partial charge in [-0.1, -0.05) is 36.1 Å². The molecule has 0 aromatic heterocycles. The fourth-order valence-electron chi connectivity index (χ4n) is 1.63. The van der Waals surface area contributed by atoms with E-state index in [0.29, 0.717) is 0 Å². The van der Waals surface area contributed by atoms with Gasteiger partial charge in [0.25, 0.3) is 0 Å². The lowest BCUT2D eigenvalue weighted by atomic mass is 9.93. The van der Waals surface area contributed by atoms with Gasteiger partial charge in [0, 0.05) is 0 Å². The molecule has 0 aromatic carbocycles. The van der Waals surface area contributed by atoms with Crippen LogP contribution in [0.4, 0.5) is 0 Å². The van der Waals surface area contributed by atoms with Crippen molar-refractivity contribution in [1.82, 2.24) is 0 Å². The zero-order chi connectivity index (χ0) is 13.2. The van der Waals surface area contributed by atoms with Gasteiger partial charge in [-0.05, 0) is 13.8 Å². The van der Waals surface area contributed by atoms with Crippen molar-refractivity contribution in [2.75, 3.05) is 7.11 Å². The van der Waals surface area contributed by atoms with Gasteiger partial charge >= 0.3 is 5.97 Å². The van der Waals surface area contributed by atoms with E-state index < -0.39 is 27.5 Å². The molecule has 1 saturated heterocycles. The first kappa shape index (κ1) is 13.7. The summed E-state index contributed by atoms with van der Waals surface area (Å²) < 4.78 is 3.46. The number of esters is 1. The summed E-state index contributed by atoms with van der Waals surface area (Å²) >= 11 is 0.858. The fourth-order valence-corrected chi connectivity index (χ4v) is 2.83. The maximum atomic E-state index is 12.1. The largest absolute Gasteiger partial charge is 0.468 e. The van der Waals surface area contributed by atoms with E-state index in [4.69, 9.17) is 0 Å². The molecule has 1 rings (SSSR count). The number of carbonyl (C=O) groups excluding carboxylic acids is 3. The summed E-state index contributed by atoms with van der Waals surface area (Å²) in [5.41, 5.74) is 0.784. The molecule has 92 valence electrons. The third-order valence-corrected chi connectivity index (χ3v) is 3.74. The lowest BCUT2D eigenvalue weighted by Crippen LogP contribution is -2.33. The van der Waals surface area contributed by atoms with Crippen LogP contribution >= 0.6 is 11.8 Å². The van der Waals surface area contributed by atoms with Crippen molar-refractivity contribution in [1.29, 1.82) is 0 Å². The van der Waals surface area contributed by atoms with Crippen LogP contribution in [0.2, 0.25) is 0 Å². The zero-order valence-corrected chi connectivity index (χ0v) is 10.8. The average molecular weight is 254 g/mol. The van der Waals surface area contributed by atoms with Crippen LogP contribution in [-0.4, -0.2) is 28.7 Å². The summed E-state index contributed by atoms with van der Waals surface area (Å²) in [7, 11) is 1.16. The van der Waals surface area contributed by atoms with E-state index in [1.165, 1.54) is 0 Å². The van der Waals surface area contributed by atoms with Gasteiger partial charge in [0.05, 0.1) is 11.9 Å². The van der Waals surface area contributed by atoms with Crippen LogP contribution in [0.25, 0.3) is 0 Å². The number of ketones is 1. The molecule has 1 unspecified atom stereocenters. The second kappa shape index (κ2) is 4.87. The average Bonchev–Trinajstić information content (AvgIpc) is 2.48. The molecule has 0 N–H and O–H groups in total. The standard InChI is InChI=1S/C12H14O4S/c1-5-7(2)6-12(3)9(13)8(10(14)16-4)11(15)17-12/h5-6,8H,1H2,2-4H3/t8?,12-/m1/s1. The predicted octanol–water partition coefficient (Wildman–Crippen LogP) is 1.51. The Morgan fingerprint density at radius 1 is 1.53 bits per heavy atom. The number of hydrogen-bond acceptors (Lipinski definition) is 5. The molecule has 0 amide bonds. The molecule has 17 heavy (non-hydrogen) atoms.